The number of aliphatic carboxylic acids is 2. The molecule has 38 heavy (non-hydrogen) atoms. The molecule has 2 amide bonds. The van der Waals surface area contributed by atoms with Gasteiger partial charge in [-0.05, 0) is 37.1 Å². The zero-order chi connectivity index (χ0) is 29.0. The Bertz CT molecular complexity index is 1250. The van der Waals surface area contributed by atoms with Gasteiger partial charge >= 0.3 is 18.1 Å². The third-order valence-corrected chi connectivity index (χ3v) is 5.65. The van der Waals surface area contributed by atoms with Crippen molar-refractivity contribution in [1.82, 2.24) is 10.3 Å². The van der Waals surface area contributed by atoms with Crippen LogP contribution in [0.4, 0.5) is 13.2 Å². The summed E-state index contributed by atoms with van der Waals surface area (Å²) in [4.78, 5) is 48.0. The number of nitrogens with zero attached hydrogens (tertiary/aromatic N) is 1. The van der Waals surface area contributed by atoms with Crippen molar-refractivity contribution < 1.29 is 42.6 Å². The third-order valence-electron chi connectivity index (χ3n) is 4.56. The Kier molecular flexibility index (Phi) is 12.1. The van der Waals surface area contributed by atoms with E-state index in [-0.39, 0.29) is 0 Å². The van der Waals surface area contributed by atoms with Gasteiger partial charge in [0.05, 0.1) is 5.69 Å². The molecule has 0 aliphatic carbocycles. The van der Waals surface area contributed by atoms with E-state index in [1.54, 1.807) is 48.5 Å². The predicted octanol–water partition coefficient (Wildman–Crippen LogP) is 3.19. The van der Waals surface area contributed by atoms with Crippen molar-refractivity contribution in [2.75, 3.05) is 0 Å². The minimum atomic E-state index is -5.08. The quantitative estimate of drug-likeness (QED) is 0.307. The maximum atomic E-state index is 12.2. The highest BCUT2D eigenvalue weighted by Crippen LogP contribution is 2.16. The number of halogens is 3. The number of carboxylic acid groups (broad SMARTS) is 2. The highest BCUT2D eigenvalue weighted by Gasteiger charge is 2.38. The van der Waals surface area contributed by atoms with E-state index in [1.807, 2.05) is 19.9 Å². The average Bonchev–Trinajstić information content (AvgIpc) is 3.21. The molecular weight excluding hydrogens is 529 g/mol. The number of carboxylic acids is 2. The summed E-state index contributed by atoms with van der Waals surface area (Å²) in [6.07, 6.45) is -5.08. The first-order valence-electron chi connectivity index (χ1n) is 10.6. The maximum absolute atomic E-state index is 12.2. The lowest BCUT2D eigenvalue weighted by molar-refractivity contribution is -0.192. The molecule has 0 aliphatic rings. The number of benzene rings is 2. The Hall–Kier alpha value is -4.30. The molecule has 0 radical (unpaired) electrons. The topological polar surface area (TPSA) is 186 Å². The first-order chi connectivity index (χ1) is 17.7. The third kappa shape index (κ3) is 10.4. The summed E-state index contributed by atoms with van der Waals surface area (Å²) in [6, 6.07) is 14.3. The summed E-state index contributed by atoms with van der Waals surface area (Å²) < 4.78 is 31.7. The molecular formula is C24H25F3N4O6S. The number of carbonyl (C=O) groups is 4. The van der Waals surface area contributed by atoms with Crippen LogP contribution in [-0.2, 0) is 16.1 Å². The molecule has 14 heteroatoms. The summed E-state index contributed by atoms with van der Waals surface area (Å²) in [5.41, 5.74) is 13.2. The number of aryl methyl sites for hydroxylation is 2. The molecule has 1 atom stereocenters. The Morgan fingerprint density at radius 3 is 2.00 bits per heavy atom. The van der Waals surface area contributed by atoms with Gasteiger partial charge in [-0.3, -0.25) is 9.59 Å². The number of thiazole rings is 1. The summed E-state index contributed by atoms with van der Waals surface area (Å²) in [7, 11) is 0. The largest absolute Gasteiger partial charge is 0.490 e. The second-order valence-electron chi connectivity index (χ2n) is 7.39. The Morgan fingerprint density at radius 2 is 1.61 bits per heavy atom. The van der Waals surface area contributed by atoms with Crippen LogP contribution in [-0.4, -0.2) is 45.1 Å². The molecule has 2 aromatic carbocycles. The Labute approximate surface area is 219 Å². The molecule has 10 nitrogen and oxygen atoms in total. The van der Waals surface area contributed by atoms with Gasteiger partial charge in [0.1, 0.15) is 0 Å². The van der Waals surface area contributed by atoms with Crippen LogP contribution >= 0.6 is 11.3 Å². The van der Waals surface area contributed by atoms with Crippen LogP contribution in [0.5, 0.6) is 0 Å². The van der Waals surface area contributed by atoms with Crippen molar-refractivity contribution in [2.45, 2.75) is 32.6 Å². The van der Waals surface area contributed by atoms with Gasteiger partial charge in [0, 0.05) is 17.0 Å². The zero-order valence-corrected chi connectivity index (χ0v) is 21.0. The summed E-state index contributed by atoms with van der Waals surface area (Å²) >= 11 is 1.34. The molecule has 0 unspecified atom stereocenters. The van der Waals surface area contributed by atoms with Crippen LogP contribution in [0.15, 0.2) is 54.6 Å². The second kappa shape index (κ2) is 14.4. The minimum Gasteiger partial charge on any atom is -0.479 e. The normalized spacial score (nSPS) is 11.1. The van der Waals surface area contributed by atoms with Crippen LogP contribution < -0.4 is 16.8 Å². The van der Waals surface area contributed by atoms with E-state index in [0.717, 1.165) is 16.1 Å². The number of nitrogens with one attached hydrogen (secondary N) is 1. The first-order valence-corrected chi connectivity index (χ1v) is 11.4. The van der Waals surface area contributed by atoms with E-state index in [1.165, 1.54) is 11.3 Å². The molecule has 204 valence electrons. The first kappa shape index (κ1) is 31.7. The molecule has 1 heterocycles. The van der Waals surface area contributed by atoms with E-state index in [4.69, 9.17) is 21.4 Å². The molecule has 0 fully saturated rings. The number of amides is 2. The number of hydrogen-bond acceptors (Lipinski definition) is 7. The Morgan fingerprint density at radius 1 is 1.03 bits per heavy atom. The highest BCUT2D eigenvalue weighted by atomic mass is 32.1. The van der Waals surface area contributed by atoms with Crippen molar-refractivity contribution in [2.24, 2.45) is 11.5 Å². The smallest absolute Gasteiger partial charge is 0.479 e. The molecule has 0 aliphatic heterocycles. The van der Waals surface area contributed by atoms with Crippen molar-refractivity contribution in [3.05, 3.63) is 86.9 Å². The molecule has 0 spiro atoms. The summed E-state index contributed by atoms with van der Waals surface area (Å²) in [6.45, 7) is 4.10. The van der Waals surface area contributed by atoms with Crippen molar-refractivity contribution >= 4 is 35.1 Å². The lowest BCUT2D eigenvalue weighted by Gasteiger charge is -2.15. The van der Waals surface area contributed by atoms with E-state index < -0.39 is 36.0 Å². The number of primary amides is 1. The minimum absolute atomic E-state index is 0.322. The zero-order valence-electron chi connectivity index (χ0n) is 20.2. The van der Waals surface area contributed by atoms with Crippen LogP contribution in [0.2, 0.25) is 0 Å². The maximum Gasteiger partial charge on any atom is 0.490 e. The van der Waals surface area contributed by atoms with Crippen LogP contribution in [0.1, 0.15) is 47.9 Å². The van der Waals surface area contributed by atoms with E-state index >= 15 is 0 Å². The molecule has 7 N–H and O–H groups in total. The number of rotatable bonds is 6. The fourth-order valence-corrected chi connectivity index (χ4v) is 3.33. The van der Waals surface area contributed by atoms with Gasteiger partial charge in [-0.2, -0.15) is 13.2 Å². The number of hydrogen-bond donors (Lipinski definition) is 5. The van der Waals surface area contributed by atoms with Crippen LogP contribution in [0.3, 0.4) is 0 Å². The lowest BCUT2D eigenvalue weighted by atomic mass is 10.1. The van der Waals surface area contributed by atoms with Gasteiger partial charge in [-0.15, -0.1) is 11.3 Å². The molecule has 3 aromatic rings. The van der Waals surface area contributed by atoms with E-state index in [0.29, 0.717) is 22.7 Å². The molecule has 0 saturated carbocycles. The molecule has 0 saturated heterocycles. The van der Waals surface area contributed by atoms with Gasteiger partial charge in [-0.25, -0.2) is 14.6 Å². The lowest BCUT2D eigenvalue weighted by Crippen LogP contribution is -2.33. The number of alkyl halides is 3. The van der Waals surface area contributed by atoms with Crippen LogP contribution in [0.25, 0.3) is 0 Å². The number of nitrogens with two attached hydrogens (primary N) is 2. The van der Waals surface area contributed by atoms with E-state index in [9.17, 15) is 32.7 Å². The van der Waals surface area contributed by atoms with Crippen molar-refractivity contribution in [3.63, 3.8) is 0 Å². The average molecular weight is 555 g/mol. The van der Waals surface area contributed by atoms with E-state index in [2.05, 4.69) is 10.3 Å². The second-order valence-corrected chi connectivity index (χ2v) is 8.59. The van der Waals surface area contributed by atoms with Gasteiger partial charge in [0.2, 0.25) is 0 Å². The van der Waals surface area contributed by atoms with Crippen LogP contribution in [0, 0.1) is 13.8 Å². The standard InChI is InChI=1S/C16H16N2O3.C6H8N2OS.C2HF3O2/c17-10-11-5-4-8-13(9-11)15(19)18-14(16(20)21)12-6-2-1-3-7-12;1-3-4(2)10-6(8-3)5(7)9;3-2(4,5)1(6)7/h1-9,14H,10,17H2,(H,18,19)(H,20,21);1-2H3,(H2,7,9);(H,6,7)/t14-;;/m1../s1. The van der Waals surface area contributed by atoms with Crippen molar-refractivity contribution in [3.8, 4) is 0 Å². The SMILES string of the molecule is Cc1nc(C(N)=O)sc1C.NCc1cccc(C(=O)N[C@@H](C(=O)O)c2ccccc2)c1.O=C(O)C(F)(F)F. The van der Waals surface area contributed by atoms with Gasteiger partial charge < -0.3 is 27.0 Å². The van der Waals surface area contributed by atoms with Gasteiger partial charge in [0.25, 0.3) is 11.8 Å². The monoisotopic (exact) mass is 554 g/mol. The molecule has 3 rings (SSSR count). The van der Waals surface area contributed by atoms with Crippen molar-refractivity contribution in [1.29, 1.82) is 0 Å². The Balaban J connectivity index is 0.000000351. The highest BCUT2D eigenvalue weighted by molar-refractivity contribution is 7.13. The summed E-state index contributed by atoms with van der Waals surface area (Å²) in [5, 5.41) is 19.3. The molecule has 1 aromatic heterocycles. The predicted molar refractivity (Wildman–Crippen MR) is 132 cm³/mol. The fraction of sp³-hybridized carbons (Fsp3) is 0.208. The summed E-state index contributed by atoms with van der Waals surface area (Å²) in [5.74, 6) is -4.75. The number of carbonyl (C=O) groups excluding carboxylic acids is 2. The fourth-order valence-electron chi connectivity index (χ4n) is 2.57. The van der Waals surface area contributed by atoms with Gasteiger partial charge in [-0.1, -0.05) is 42.5 Å². The van der Waals surface area contributed by atoms with Gasteiger partial charge in [0.15, 0.2) is 11.0 Å². The number of aromatic nitrogens is 1. The molecule has 0 bridgehead atoms.